The lowest BCUT2D eigenvalue weighted by Gasteiger charge is -2.04. The molecule has 3 rings (SSSR count). The van der Waals surface area contributed by atoms with Crippen LogP contribution in [0, 0.1) is 17.0 Å². The van der Waals surface area contributed by atoms with Gasteiger partial charge in [-0.05, 0) is 31.2 Å². The van der Waals surface area contributed by atoms with Crippen LogP contribution in [0.25, 0.3) is 10.6 Å². The van der Waals surface area contributed by atoms with Crippen LogP contribution in [0.3, 0.4) is 0 Å². The number of carbonyl (C=O) groups excluding carboxylic acids is 1. The Morgan fingerprint density at radius 3 is 2.84 bits per heavy atom. The molecule has 25 heavy (non-hydrogen) atoms. The largest absolute Gasteiger partial charge is 0.393 e. The van der Waals surface area contributed by atoms with E-state index in [1.807, 2.05) is 24.4 Å². The summed E-state index contributed by atoms with van der Waals surface area (Å²) in [5.41, 5.74) is 6.43. The first kappa shape index (κ1) is 17.1. The lowest BCUT2D eigenvalue weighted by Crippen LogP contribution is -2.22. The summed E-state index contributed by atoms with van der Waals surface area (Å²) in [6, 6.07) is 7.91. The highest BCUT2D eigenvalue weighted by Gasteiger charge is 2.16. The number of amides is 1. The molecule has 7 nitrogen and oxygen atoms in total. The minimum Gasteiger partial charge on any atom is -0.393 e. The molecule has 2 heterocycles. The number of nitrogen functional groups attached to an aromatic ring is 1. The number of nitrogens with zero attached hydrogens (tertiary/aromatic N) is 2. The Balaban J connectivity index is 1.68. The van der Waals surface area contributed by atoms with Gasteiger partial charge in [0.15, 0.2) is 0 Å². The van der Waals surface area contributed by atoms with Crippen LogP contribution < -0.4 is 11.1 Å². The molecule has 128 valence electrons. The van der Waals surface area contributed by atoms with Crippen molar-refractivity contribution in [3.8, 4) is 10.6 Å². The average Bonchev–Trinajstić information content (AvgIpc) is 3.21. The second-order valence-corrected chi connectivity index (χ2v) is 7.46. The maximum absolute atomic E-state index is 12.2. The maximum atomic E-state index is 12.2. The van der Waals surface area contributed by atoms with Crippen LogP contribution in [0.15, 0.2) is 35.7 Å². The van der Waals surface area contributed by atoms with Crippen LogP contribution in [0.5, 0.6) is 0 Å². The summed E-state index contributed by atoms with van der Waals surface area (Å²) in [5, 5.41) is 16.7. The van der Waals surface area contributed by atoms with Gasteiger partial charge in [-0.25, -0.2) is 4.98 Å². The Labute approximate surface area is 151 Å². The van der Waals surface area contributed by atoms with E-state index >= 15 is 0 Å². The van der Waals surface area contributed by atoms with Gasteiger partial charge in [-0.1, -0.05) is 0 Å². The highest BCUT2D eigenvalue weighted by molar-refractivity contribution is 7.16. The first-order chi connectivity index (χ1) is 11.9. The molecular weight excluding hydrogens is 360 g/mol. The Morgan fingerprint density at radius 2 is 2.16 bits per heavy atom. The summed E-state index contributed by atoms with van der Waals surface area (Å²) in [6.45, 7) is 2.29. The molecule has 0 fully saturated rings. The number of rotatable bonds is 5. The van der Waals surface area contributed by atoms with Crippen molar-refractivity contribution < 1.29 is 9.72 Å². The van der Waals surface area contributed by atoms with Gasteiger partial charge < -0.3 is 11.1 Å². The molecule has 0 radical (unpaired) electrons. The number of nitrogens with one attached hydrogen (secondary N) is 1. The number of nitrogens with two attached hydrogens (primary N) is 1. The van der Waals surface area contributed by atoms with Crippen LogP contribution in [0.4, 0.5) is 11.4 Å². The summed E-state index contributed by atoms with van der Waals surface area (Å²) in [5.74, 6) is -0.387. The van der Waals surface area contributed by atoms with Gasteiger partial charge in [0.25, 0.3) is 11.6 Å². The van der Waals surface area contributed by atoms with Gasteiger partial charge in [0.2, 0.25) is 0 Å². The summed E-state index contributed by atoms with van der Waals surface area (Å²) >= 11 is 3.14. The van der Waals surface area contributed by atoms with Gasteiger partial charge in [0.1, 0.15) is 5.69 Å². The molecule has 0 aliphatic rings. The molecule has 1 amide bonds. The summed E-state index contributed by atoms with van der Waals surface area (Å²) in [4.78, 5) is 29.0. The van der Waals surface area contributed by atoms with Crippen molar-refractivity contribution in [1.29, 1.82) is 0 Å². The fourth-order valence-corrected chi connectivity index (χ4v) is 3.80. The lowest BCUT2D eigenvalue weighted by atomic mass is 10.1. The second kappa shape index (κ2) is 6.99. The number of anilines is 1. The molecule has 0 aliphatic carbocycles. The number of thiophene rings is 1. The number of aryl methyl sites for hydroxylation is 1. The molecule has 0 saturated carbocycles. The van der Waals surface area contributed by atoms with Gasteiger partial charge in [0.05, 0.1) is 27.0 Å². The minimum absolute atomic E-state index is 0.0306. The molecule has 9 heteroatoms. The third kappa shape index (κ3) is 3.83. The van der Waals surface area contributed by atoms with E-state index in [0.29, 0.717) is 6.54 Å². The summed E-state index contributed by atoms with van der Waals surface area (Å²) in [6.07, 6.45) is 0. The molecule has 1 aromatic carbocycles. The number of nitro benzene ring substituents is 1. The summed E-state index contributed by atoms with van der Waals surface area (Å²) < 4.78 is 0. The molecule has 0 spiro atoms. The normalized spacial score (nSPS) is 10.6. The first-order valence-corrected chi connectivity index (χ1v) is 8.97. The smallest absolute Gasteiger partial charge is 0.292 e. The fourth-order valence-electron chi connectivity index (χ4n) is 2.20. The van der Waals surface area contributed by atoms with E-state index in [-0.39, 0.29) is 22.8 Å². The molecule has 0 unspecified atom stereocenters. The lowest BCUT2D eigenvalue weighted by molar-refractivity contribution is -0.383. The Morgan fingerprint density at radius 1 is 1.36 bits per heavy atom. The van der Waals surface area contributed by atoms with Crippen LogP contribution in [0.1, 0.15) is 20.2 Å². The zero-order chi connectivity index (χ0) is 18.0. The quantitative estimate of drug-likeness (QED) is 0.403. The van der Waals surface area contributed by atoms with Crippen molar-refractivity contribution in [3.05, 3.63) is 61.3 Å². The monoisotopic (exact) mass is 374 g/mol. The van der Waals surface area contributed by atoms with Gasteiger partial charge in [-0.3, -0.25) is 14.9 Å². The van der Waals surface area contributed by atoms with Crippen molar-refractivity contribution in [3.63, 3.8) is 0 Å². The first-order valence-electron chi connectivity index (χ1n) is 7.27. The maximum Gasteiger partial charge on any atom is 0.292 e. The standard InChI is InChI=1S/C16H14N4O3S2/c1-9-19-13(8-24-9)15-5-3-11(25-15)7-18-16(21)10-2-4-12(17)14(6-10)20(22)23/h2-6,8H,7,17H2,1H3,(H,18,21). The van der Waals surface area contributed by atoms with Crippen LogP contribution in [-0.4, -0.2) is 15.8 Å². The molecular formula is C16H14N4O3S2. The highest BCUT2D eigenvalue weighted by atomic mass is 32.1. The van der Waals surface area contributed by atoms with Crippen molar-refractivity contribution in [2.45, 2.75) is 13.5 Å². The predicted molar refractivity (Wildman–Crippen MR) is 98.8 cm³/mol. The molecule has 3 N–H and O–H groups in total. The van der Waals surface area contributed by atoms with Crippen LogP contribution in [0.2, 0.25) is 0 Å². The molecule has 0 aliphatic heterocycles. The zero-order valence-corrected chi connectivity index (χ0v) is 14.8. The van der Waals surface area contributed by atoms with Gasteiger partial charge >= 0.3 is 0 Å². The Hall–Kier alpha value is -2.78. The Bertz CT molecular complexity index is 949. The number of carbonyl (C=O) groups is 1. The van der Waals surface area contributed by atoms with E-state index in [4.69, 9.17) is 5.73 Å². The number of thiazole rings is 1. The van der Waals surface area contributed by atoms with E-state index < -0.39 is 4.92 Å². The average molecular weight is 374 g/mol. The van der Waals surface area contributed by atoms with Crippen LogP contribution in [-0.2, 0) is 6.54 Å². The SMILES string of the molecule is Cc1nc(-c2ccc(CNC(=O)c3ccc(N)c([N+](=O)[O-])c3)s2)cs1. The van der Waals surface area contributed by atoms with Gasteiger partial charge in [-0.2, -0.15) is 0 Å². The number of hydrogen-bond donors (Lipinski definition) is 2. The van der Waals surface area contributed by atoms with Gasteiger partial charge in [0, 0.05) is 21.9 Å². The fraction of sp³-hybridized carbons (Fsp3) is 0.125. The number of hydrogen-bond acceptors (Lipinski definition) is 7. The van der Waals surface area contributed by atoms with E-state index in [1.165, 1.54) is 18.2 Å². The number of benzene rings is 1. The third-order valence-corrected chi connectivity index (χ3v) is 5.33. The zero-order valence-electron chi connectivity index (χ0n) is 13.2. The number of nitro groups is 1. The highest BCUT2D eigenvalue weighted by Crippen LogP contribution is 2.29. The summed E-state index contributed by atoms with van der Waals surface area (Å²) in [7, 11) is 0. The third-order valence-electron chi connectivity index (χ3n) is 3.45. The number of aromatic nitrogens is 1. The van der Waals surface area contributed by atoms with Crippen LogP contribution >= 0.6 is 22.7 Å². The van der Waals surface area contributed by atoms with Crippen molar-refractivity contribution in [1.82, 2.24) is 10.3 Å². The molecule has 0 atom stereocenters. The molecule has 2 aromatic heterocycles. The van der Waals surface area contributed by atoms with Crippen molar-refractivity contribution in [2.75, 3.05) is 5.73 Å². The van der Waals surface area contributed by atoms with Crippen molar-refractivity contribution >= 4 is 40.0 Å². The predicted octanol–water partition coefficient (Wildman–Crippen LogP) is 3.60. The van der Waals surface area contributed by atoms with E-state index in [0.717, 1.165) is 20.5 Å². The molecule has 3 aromatic rings. The minimum atomic E-state index is -0.604. The molecule has 0 bridgehead atoms. The van der Waals surface area contributed by atoms with E-state index in [2.05, 4.69) is 10.3 Å². The second-order valence-electron chi connectivity index (χ2n) is 5.23. The van der Waals surface area contributed by atoms with Crippen molar-refractivity contribution in [2.24, 2.45) is 0 Å². The van der Waals surface area contributed by atoms with E-state index in [1.54, 1.807) is 22.7 Å². The Kier molecular flexibility index (Phi) is 4.77. The molecule has 0 saturated heterocycles. The van der Waals surface area contributed by atoms with E-state index in [9.17, 15) is 14.9 Å². The van der Waals surface area contributed by atoms with Gasteiger partial charge in [-0.15, -0.1) is 22.7 Å². The topological polar surface area (TPSA) is 111 Å².